The highest BCUT2D eigenvalue weighted by atomic mass is 16.5. The maximum Gasteiger partial charge on any atom is 0.325 e. The molecule has 2 saturated heterocycles. The minimum atomic E-state index is -0.325. The van der Waals surface area contributed by atoms with E-state index >= 15 is 0 Å². The van der Waals surface area contributed by atoms with Gasteiger partial charge in [0.1, 0.15) is 6.54 Å². The van der Waals surface area contributed by atoms with Crippen molar-refractivity contribution in [3.63, 3.8) is 0 Å². The lowest BCUT2D eigenvalue weighted by atomic mass is 9.72. The minimum absolute atomic E-state index is 0.0267. The number of hydrogen-bond acceptors (Lipinski definition) is 5. The highest BCUT2D eigenvalue weighted by Gasteiger charge is 2.37. The fourth-order valence-corrected chi connectivity index (χ4v) is 3.86. The molecule has 2 heterocycles. The van der Waals surface area contributed by atoms with Crippen LogP contribution in [0, 0.1) is 5.41 Å². The van der Waals surface area contributed by atoms with Crippen LogP contribution in [0.25, 0.3) is 0 Å². The van der Waals surface area contributed by atoms with Crippen LogP contribution >= 0.6 is 0 Å². The van der Waals surface area contributed by atoms with Crippen LogP contribution in [0.15, 0.2) is 24.3 Å². The van der Waals surface area contributed by atoms with Gasteiger partial charge in [0.15, 0.2) is 0 Å². The largest absolute Gasteiger partial charge is 0.465 e. The summed E-state index contributed by atoms with van der Waals surface area (Å²) in [6.07, 6.45) is 4.29. The van der Waals surface area contributed by atoms with E-state index in [1.165, 1.54) is 0 Å². The van der Waals surface area contributed by atoms with Gasteiger partial charge in [-0.1, -0.05) is 12.1 Å². The fourth-order valence-electron chi connectivity index (χ4n) is 3.86. The summed E-state index contributed by atoms with van der Waals surface area (Å²) in [6.45, 7) is 5.43. The van der Waals surface area contributed by atoms with Crippen LogP contribution in [0.3, 0.4) is 0 Å². The van der Waals surface area contributed by atoms with E-state index in [1.54, 1.807) is 6.92 Å². The van der Waals surface area contributed by atoms with Crippen molar-refractivity contribution in [3.8, 4) is 0 Å². The molecule has 0 unspecified atom stereocenters. The first-order chi connectivity index (χ1) is 12.6. The van der Waals surface area contributed by atoms with Gasteiger partial charge in [0.05, 0.1) is 12.2 Å². The first-order valence-corrected chi connectivity index (χ1v) is 9.49. The third-order valence-electron chi connectivity index (χ3n) is 5.55. The molecule has 2 aliphatic rings. The molecule has 0 aliphatic carbocycles. The lowest BCUT2D eigenvalue weighted by molar-refractivity contribution is -0.140. The zero-order valence-electron chi connectivity index (χ0n) is 15.5. The molecule has 0 saturated carbocycles. The summed E-state index contributed by atoms with van der Waals surface area (Å²) >= 11 is 0. The molecule has 1 aromatic carbocycles. The van der Waals surface area contributed by atoms with E-state index in [9.17, 15) is 9.59 Å². The average Bonchev–Trinajstić information content (AvgIpc) is 2.68. The maximum absolute atomic E-state index is 13.0. The smallest absolute Gasteiger partial charge is 0.325 e. The van der Waals surface area contributed by atoms with E-state index in [1.807, 2.05) is 29.2 Å². The van der Waals surface area contributed by atoms with Gasteiger partial charge in [-0.3, -0.25) is 9.59 Å². The summed E-state index contributed by atoms with van der Waals surface area (Å²) in [5, 5.41) is 3.04. The number of anilines is 1. The van der Waals surface area contributed by atoms with Crippen molar-refractivity contribution in [2.24, 2.45) is 5.41 Å². The molecule has 0 aromatic heterocycles. The highest BCUT2D eigenvalue weighted by molar-refractivity contribution is 6.00. The minimum Gasteiger partial charge on any atom is -0.465 e. The number of piperidine rings is 1. The van der Waals surface area contributed by atoms with E-state index in [2.05, 4.69) is 5.32 Å². The molecule has 0 atom stereocenters. The van der Waals surface area contributed by atoms with Crippen molar-refractivity contribution in [2.75, 3.05) is 44.8 Å². The lowest BCUT2D eigenvalue weighted by Crippen LogP contribution is -2.45. The SMILES string of the molecule is CCOC(=O)CNc1ccccc1C(=O)N1CCC2(CCOCC2)CC1. The van der Waals surface area contributed by atoms with Crippen LogP contribution in [-0.4, -0.2) is 56.2 Å². The third kappa shape index (κ3) is 4.36. The molecule has 1 amide bonds. The molecule has 0 bridgehead atoms. The second kappa shape index (κ2) is 8.54. The number of nitrogens with one attached hydrogen (secondary N) is 1. The Balaban J connectivity index is 1.62. The number of carbonyl (C=O) groups excluding carboxylic acids is 2. The predicted octanol–water partition coefficient (Wildman–Crippen LogP) is 2.69. The number of nitrogens with zero attached hydrogens (tertiary/aromatic N) is 1. The van der Waals surface area contributed by atoms with Gasteiger partial charge in [-0.2, -0.15) is 0 Å². The maximum atomic E-state index is 13.0. The fraction of sp³-hybridized carbons (Fsp3) is 0.600. The third-order valence-corrected chi connectivity index (χ3v) is 5.55. The highest BCUT2D eigenvalue weighted by Crippen LogP contribution is 2.40. The Hall–Kier alpha value is -2.08. The van der Waals surface area contributed by atoms with Crippen LogP contribution in [0.1, 0.15) is 43.0 Å². The quantitative estimate of drug-likeness (QED) is 0.818. The molecule has 6 nitrogen and oxygen atoms in total. The lowest BCUT2D eigenvalue weighted by Gasteiger charge is -2.44. The second-order valence-corrected chi connectivity index (χ2v) is 7.11. The molecule has 6 heteroatoms. The standard InChI is InChI=1S/C20H28N2O4/c1-2-26-18(23)15-21-17-6-4-3-5-16(17)19(24)22-11-7-20(8-12-22)9-13-25-14-10-20/h3-6,21H,2,7-15H2,1H3. The Kier molecular flexibility index (Phi) is 6.14. The summed E-state index contributed by atoms with van der Waals surface area (Å²) in [7, 11) is 0. The van der Waals surface area contributed by atoms with Crippen molar-refractivity contribution in [2.45, 2.75) is 32.6 Å². The molecule has 0 radical (unpaired) electrons. The Morgan fingerprint density at radius 3 is 2.54 bits per heavy atom. The van der Waals surface area contributed by atoms with Gasteiger partial charge < -0.3 is 19.7 Å². The number of amides is 1. The van der Waals surface area contributed by atoms with Gasteiger partial charge in [0.2, 0.25) is 0 Å². The number of carbonyl (C=O) groups is 2. The summed E-state index contributed by atoms with van der Waals surface area (Å²) in [5.74, 6) is -0.298. The molecule has 2 aliphatic heterocycles. The Labute approximate surface area is 154 Å². The number of rotatable bonds is 5. The monoisotopic (exact) mass is 360 g/mol. The van der Waals surface area contributed by atoms with Crippen molar-refractivity contribution in [1.29, 1.82) is 0 Å². The number of para-hydroxylation sites is 1. The molecule has 2 fully saturated rings. The van der Waals surface area contributed by atoms with Gasteiger partial charge in [-0.05, 0) is 50.2 Å². The summed E-state index contributed by atoms with van der Waals surface area (Å²) in [5.41, 5.74) is 1.65. The normalized spacial score (nSPS) is 19.2. The van der Waals surface area contributed by atoms with Crippen LogP contribution in [0.2, 0.25) is 0 Å². The van der Waals surface area contributed by atoms with Gasteiger partial charge in [-0.25, -0.2) is 0 Å². The average molecular weight is 360 g/mol. The van der Waals surface area contributed by atoms with E-state index < -0.39 is 0 Å². The van der Waals surface area contributed by atoms with Gasteiger partial charge in [-0.15, -0.1) is 0 Å². The van der Waals surface area contributed by atoms with E-state index in [0.717, 1.165) is 52.0 Å². The number of ether oxygens (including phenoxy) is 2. The first kappa shape index (κ1) is 18.7. The second-order valence-electron chi connectivity index (χ2n) is 7.11. The zero-order chi connectivity index (χ0) is 18.4. The summed E-state index contributed by atoms with van der Waals surface area (Å²) in [6, 6.07) is 7.36. The van der Waals surface area contributed by atoms with Crippen LogP contribution in [0.4, 0.5) is 5.69 Å². The molecule has 142 valence electrons. The molecule has 3 rings (SSSR count). The Bertz CT molecular complexity index is 630. The number of esters is 1. The van der Waals surface area contributed by atoms with Gasteiger partial charge in [0, 0.05) is 32.0 Å². The van der Waals surface area contributed by atoms with Gasteiger partial charge >= 0.3 is 5.97 Å². The van der Waals surface area contributed by atoms with E-state index in [4.69, 9.17) is 9.47 Å². The van der Waals surface area contributed by atoms with Gasteiger partial charge in [0.25, 0.3) is 5.91 Å². The Morgan fingerprint density at radius 2 is 1.85 bits per heavy atom. The number of hydrogen-bond donors (Lipinski definition) is 1. The van der Waals surface area contributed by atoms with Crippen LogP contribution in [-0.2, 0) is 14.3 Å². The van der Waals surface area contributed by atoms with Crippen molar-refractivity contribution in [1.82, 2.24) is 4.90 Å². The molecule has 1 N–H and O–H groups in total. The van der Waals surface area contributed by atoms with Crippen molar-refractivity contribution in [3.05, 3.63) is 29.8 Å². The van der Waals surface area contributed by atoms with Crippen molar-refractivity contribution >= 4 is 17.6 Å². The summed E-state index contributed by atoms with van der Waals surface area (Å²) in [4.78, 5) is 26.5. The van der Waals surface area contributed by atoms with E-state index in [-0.39, 0.29) is 18.4 Å². The molecule has 1 aromatic rings. The van der Waals surface area contributed by atoms with Crippen molar-refractivity contribution < 1.29 is 19.1 Å². The van der Waals surface area contributed by atoms with Crippen LogP contribution in [0.5, 0.6) is 0 Å². The molecular formula is C20H28N2O4. The van der Waals surface area contributed by atoms with E-state index in [0.29, 0.717) is 23.3 Å². The number of benzene rings is 1. The molecule has 26 heavy (non-hydrogen) atoms. The summed E-state index contributed by atoms with van der Waals surface area (Å²) < 4.78 is 10.4. The first-order valence-electron chi connectivity index (χ1n) is 9.49. The topological polar surface area (TPSA) is 67.9 Å². The number of likely N-dealkylation sites (tertiary alicyclic amines) is 1. The molecular weight excluding hydrogens is 332 g/mol. The van der Waals surface area contributed by atoms with Crippen LogP contribution < -0.4 is 5.32 Å². The molecule has 1 spiro atoms. The zero-order valence-corrected chi connectivity index (χ0v) is 15.5. The predicted molar refractivity (Wildman–Crippen MR) is 99.2 cm³/mol. The Morgan fingerprint density at radius 1 is 1.15 bits per heavy atom.